The molecule has 2 rings (SSSR count). The Morgan fingerprint density at radius 3 is 2.50 bits per heavy atom. The number of halogens is 3. The zero-order valence-electron chi connectivity index (χ0n) is 9.40. The van der Waals surface area contributed by atoms with Crippen molar-refractivity contribution in [2.24, 2.45) is 0 Å². The van der Waals surface area contributed by atoms with E-state index in [2.05, 4.69) is 4.98 Å². The summed E-state index contributed by atoms with van der Waals surface area (Å²) in [6.07, 6.45) is -4.67. The van der Waals surface area contributed by atoms with Gasteiger partial charge in [0.15, 0.2) is 0 Å². The molecular weight excluding hydrogens is 276 g/mol. The van der Waals surface area contributed by atoms with Crippen LogP contribution < -0.4 is 0 Å². The molecule has 4 nitrogen and oxygen atoms in total. The number of hydrogen-bond acceptors (Lipinski definition) is 2. The van der Waals surface area contributed by atoms with Crippen LogP contribution in [0.3, 0.4) is 0 Å². The number of benzene rings is 1. The van der Waals surface area contributed by atoms with E-state index in [0.717, 1.165) is 0 Å². The van der Waals surface area contributed by atoms with Crippen LogP contribution in [-0.2, 0) is 17.5 Å². The second-order valence-electron chi connectivity index (χ2n) is 3.40. The fourth-order valence-electron chi connectivity index (χ4n) is 1.59. The van der Waals surface area contributed by atoms with Crippen LogP contribution in [-0.4, -0.2) is 72.0 Å². The second kappa shape index (κ2) is 5.70. The number of fused-ring (bicyclic) bond motifs is 1. The molecule has 0 saturated heterocycles. The van der Waals surface area contributed by atoms with Gasteiger partial charge in [0.2, 0.25) is 5.82 Å². The van der Waals surface area contributed by atoms with Crippen molar-refractivity contribution in [1.29, 1.82) is 0 Å². The SMILES string of the molecule is O=C(O)Cn1c(C(F)(F)F)nc2ccccc21.[K]. The Labute approximate surface area is 142 Å². The van der Waals surface area contributed by atoms with Crippen LogP contribution in [0.25, 0.3) is 11.0 Å². The summed E-state index contributed by atoms with van der Waals surface area (Å²) in [4.78, 5) is 14.0. The molecule has 1 N–H and O–H groups in total. The summed E-state index contributed by atoms with van der Waals surface area (Å²) in [5, 5.41) is 8.62. The third-order valence-electron chi connectivity index (χ3n) is 2.20. The Morgan fingerprint density at radius 1 is 1.33 bits per heavy atom. The van der Waals surface area contributed by atoms with E-state index in [1.807, 2.05) is 0 Å². The van der Waals surface area contributed by atoms with Crippen molar-refractivity contribution in [2.75, 3.05) is 0 Å². The van der Waals surface area contributed by atoms with E-state index >= 15 is 0 Å². The van der Waals surface area contributed by atoms with E-state index in [1.165, 1.54) is 18.2 Å². The predicted molar refractivity (Wildman–Crippen MR) is 58.1 cm³/mol. The van der Waals surface area contributed by atoms with Crippen LogP contribution in [0.15, 0.2) is 24.3 Å². The first-order chi connectivity index (χ1) is 7.89. The smallest absolute Gasteiger partial charge is 0.449 e. The van der Waals surface area contributed by atoms with Gasteiger partial charge in [-0.05, 0) is 12.1 Å². The number of carboxylic acid groups (broad SMARTS) is 1. The molecule has 0 spiro atoms. The number of carboxylic acids is 1. The number of carbonyl (C=O) groups is 1. The Hall–Kier alpha value is -0.414. The van der Waals surface area contributed by atoms with E-state index < -0.39 is 24.5 Å². The van der Waals surface area contributed by atoms with Crippen molar-refractivity contribution in [3.8, 4) is 0 Å². The summed E-state index contributed by atoms with van der Waals surface area (Å²) in [7, 11) is 0. The topological polar surface area (TPSA) is 55.1 Å². The third-order valence-corrected chi connectivity index (χ3v) is 2.20. The summed E-state index contributed by atoms with van der Waals surface area (Å²) in [5.74, 6) is -2.54. The summed E-state index contributed by atoms with van der Waals surface area (Å²) in [6.45, 7) is -0.768. The third kappa shape index (κ3) is 3.12. The fraction of sp³-hybridized carbons (Fsp3) is 0.200. The molecule has 1 radical (unpaired) electrons. The minimum absolute atomic E-state index is 0. The van der Waals surface area contributed by atoms with Crippen LogP contribution in [0.1, 0.15) is 5.82 Å². The molecule has 1 aromatic heterocycles. The number of para-hydroxylation sites is 2. The molecule has 0 saturated carbocycles. The standard InChI is InChI=1S/C10H7F3N2O2.K/c11-10(12,13)9-14-6-3-1-2-4-7(6)15(9)5-8(16)17;/h1-4H,5H2,(H,16,17);. The minimum atomic E-state index is -4.67. The maximum atomic E-state index is 12.7. The van der Waals surface area contributed by atoms with Crippen LogP contribution >= 0.6 is 0 Å². The van der Waals surface area contributed by atoms with Gasteiger partial charge in [-0.2, -0.15) is 13.2 Å². The van der Waals surface area contributed by atoms with Gasteiger partial charge in [-0.15, -0.1) is 0 Å². The summed E-state index contributed by atoms with van der Waals surface area (Å²) in [6, 6.07) is 5.88. The number of imidazole rings is 1. The summed E-state index contributed by atoms with van der Waals surface area (Å²) >= 11 is 0. The van der Waals surface area contributed by atoms with E-state index in [0.29, 0.717) is 4.57 Å². The molecule has 0 aliphatic rings. The quantitative estimate of drug-likeness (QED) is 0.854. The van der Waals surface area contributed by atoms with Crippen molar-refractivity contribution < 1.29 is 23.1 Å². The Bertz CT molecular complexity index is 580. The second-order valence-corrected chi connectivity index (χ2v) is 3.40. The molecule has 8 heteroatoms. The number of nitrogens with zero attached hydrogens (tertiary/aromatic N) is 2. The minimum Gasteiger partial charge on any atom is -0.480 e. The number of rotatable bonds is 2. The molecule has 0 aliphatic carbocycles. The van der Waals surface area contributed by atoms with Gasteiger partial charge in [0.05, 0.1) is 11.0 Å². The Kier molecular flexibility index (Phi) is 4.95. The molecule has 0 bridgehead atoms. The van der Waals surface area contributed by atoms with Crippen molar-refractivity contribution in [2.45, 2.75) is 12.7 Å². The van der Waals surface area contributed by atoms with E-state index in [9.17, 15) is 18.0 Å². The van der Waals surface area contributed by atoms with Gasteiger partial charge in [0.1, 0.15) is 6.54 Å². The normalized spacial score (nSPS) is 11.3. The van der Waals surface area contributed by atoms with Crippen LogP contribution in [0, 0.1) is 0 Å². The van der Waals surface area contributed by atoms with Gasteiger partial charge in [-0.25, -0.2) is 4.98 Å². The van der Waals surface area contributed by atoms with Crippen LogP contribution in [0.2, 0.25) is 0 Å². The van der Waals surface area contributed by atoms with E-state index in [4.69, 9.17) is 5.11 Å². The van der Waals surface area contributed by atoms with Gasteiger partial charge >= 0.3 is 12.1 Å². The largest absolute Gasteiger partial charge is 0.480 e. The first-order valence-corrected chi connectivity index (χ1v) is 4.64. The molecule has 2 aromatic rings. The molecule has 1 aromatic carbocycles. The maximum Gasteiger partial charge on any atom is 0.449 e. The molecule has 18 heavy (non-hydrogen) atoms. The Morgan fingerprint density at radius 2 is 1.94 bits per heavy atom. The maximum absolute atomic E-state index is 12.7. The summed E-state index contributed by atoms with van der Waals surface area (Å²) < 4.78 is 38.6. The number of aliphatic carboxylic acids is 1. The van der Waals surface area contributed by atoms with Crippen LogP contribution in [0.4, 0.5) is 13.2 Å². The van der Waals surface area contributed by atoms with Crippen molar-refractivity contribution in [3.63, 3.8) is 0 Å². The molecular formula is C10H7F3KN2O2. The molecule has 0 amide bonds. The molecule has 0 atom stereocenters. The zero-order chi connectivity index (χ0) is 12.6. The molecule has 0 aliphatic heterocycles. The number of aromatic nitrogens is 2. The average molecular weight is 283 g/mol. The van der Waals surface area contributed by atoms with Gasteiger partial charge in [-0.1, -0.05) is 12.1 Å². The van der Waals surface area contributed by atoms with E-state index in [-0.39, 0.29) is 62.4 Å². The van der Waals surface area contributed by atoms with Gasteiger partial charge < -0.3 is 9.67 Å². The van der Waals surface area contributed by atoms with Gasteiger partial charge in [0.25, 0.3) is 0 Å². The van der Waals surface area contributed by atoms with Crippen molar-refractivity contribution in [1.82, 2.24) is 9.55 Å². The van der Waals surface area contributed by atoms with Crippen molar-refractivity contribution in [3.05, 3.63) is 30.1 Å². The first kappa shape index (κ1) is 15.6. The van der Waals surface area contributed by atoms with Crippen molar-refractivity contribution >= 4 is 68.4 Å². The number of alkyl halides is 3. The fourth-order valence-corrected chi connectivity index (χ4v) is 1.59. The molecule has 0 fully saturated rings. The average Bonchev–Trinajstić information content (AvgIpc) is 2.56. The molecule has 1 heterocycles. The van der Waals surface area contributed by atoms with Crippen LogP contribution in [0.5, 0.6) is 0 Å². The molecule has 91 valence electrons. The zero-order valence-corrected chi connectivity index (χ0v) is 12.5. The first-order valence-electron chi connectivity index (χ1n) is 4.64. The molecule has 0 unspecified atom stereocenters. The monoisotopic (exact) mass is 283 g/mol. The Balaban J connectivity index is 0.00000162. The number of hydrogen-bond donors (Lipinski definition) is 1. The summed E-state index contributed by atoms with van der Waals surface area (Å²) in [5.41, 5.74) is 0.281. The van der Waals surface area contributed by atoms with Gasteiger partial charge in [0, 0.05) is 51.4 Å². The van der Waals surface area contributed by atoms with E-state index in [1.54, 1.807) is 6.07 Å². The predicted octanol–water partition coefficient (Wildman–Crippen LogP) is 1.76. The van der Waals surface area contributed by atoms with Gasteiger partial charge in [-0.3, -0.25) is 4.79 Å².